The predicted octanol–water partition coefficient (Wildman–Crippen LogP) is 2.13. The normalized spacial score (nSPS) is 24.7. The number of carbonyl (C=O) groups is 1. The van der Waals surface area contributed by atoms with Crippen LogP contribution in [0.3, 0.4) is 0 Å². The lowest BCUT2D eigenvalue weighted by molar-refractivity contribution is -0.123. The van der Waals surface area contributed by atoms with Crippen molar-refractivity contribution in [2.75, 3.05) is 33.4 Å². The van der Waals surface area contributed by atoms with Crippen molar-refractivity contribution in [2.45, 2.75) is 37.8 Å². The van der Waals surface area contributed by atoms with Crippen molar-refractivity contribution in [1.29, 1.82) is 0 Å². The Hall–Kier alpha value is -1.59. The Morgan fingerprint density at radius 3 is 3.09 bits per heavy atom. The molecule has 2 fully saturated rings. The van der Waals surface area contributed by atoms with Gasteiger partial charge in [-0.1, -0.05) is 12.1 Å². The molecule has 1 aromatic rings. The van der Waals surface area contributed by atoms with Gasteiger partial charge in [-0.25, -0.2) is 0 Å². The van der Waals surface area contributed by atoms with Gasteiger partial charge in [0, 0.05) is 19.2 Å². The van der Waals surface area contributed by atoms with Gasteiger partial charge in [0.15, 0.2) is 0 Å². The van der Waals surface area contributed by atoms with Gasteiger partial charge in [0.25, 0.3) is 0 Å². The first-order valence-electron chi connectivity index (χ1n) is 8.52. The third-order valence-corrected chi connectivity index (χ3v) is 4.74. The summed E-state index contributed by atoms with van der Waals surface area (Å²) in [5.74, 6) is 0.965. The molecule has 0 bridgehead atoms. The van der Waals surface area contributed by atoms with Gasteiger partial charge in [0.05, 0.1) is 19.8 Å². The number of methoxy groups -OCH3 is 1. The maximum absolute atomic E-state index is 12.2. The Labute approximate surface area is 137 Å². The number of hydrogen-bond donors (Lipinski definition) is 1. The Morgan fingerprint density at radius 2 is 2.30 bits per heavy atom. The first-order valence-corrected chi connectivity index (χ1v) is 8.52. The van der Waals surface area contributed by atoms with Crippen LogP contribution in [-0.4, -0.2) is 50.3 Å². The molecule has 2 aliphatic heterocycles. The topological polar surface area (TPSA) is 50.8 Å². The average molecular weight is 318 g/mol. The lowest BCUT2D eigenvalue weighted by Crippen LogP contribution is -2.39. The van der Waals surface area contributed by atoms with E-state index in [1.165, 1.54) is 5.56 Å². The monoisotopic (exact) mass is 318 g/mol. The number of nitrogens with zero attached hydrogens (tertiary/aromatic N) is 1. The van der Waals surface area contributed by atoms with Crippen molar-refractivity contribution < 1.29 is 14.3 Å². The van der Waals surface area contributed by atoms with Crippen LogP contribution in [0.1, 0.15) is 37.3 Å². The Kier molecular flexibility index (Phi) is 5.51. The molecule has 1 N–H and O–H groups in total. The van der Waals surface area contributed by atoms with E-state index < -0.39 is 0 Å². The third-order valence-electron chi connectivity index (χ3n) is 4.74. The molecule has 2 saturated heterocycles. The van der Waals surface area contributed by atoms with Crippen LogP contribution in [0.25, 0.3) is 0 Å². The number of rotatable bonds is 6. The standard InChI is InChI=1S/C18H26N2O3/c1-22-15-6-2-5-14(11-15)17-8-3-9-20(17)13-18(21)19-12-16-7-4-10-23-16/h2,5-6,11,16-17H,3-4,7-10,12-13H2,1H3,(H,19,21)/t16-,17-/m1/s1. The number of amides is 1. The summed E-state index contributed by atoms with van der Waals surface area (Å²) in [5, 5.41) is 3.02. The van der Waals surface area contributed by atoms with Crippen molar-refractivity contribution in [1.82, 2.24) is 10.2 Å². The van der Waals surface area contributed by atoms with E-state index in [1.807, 2.05) is 12.1 Å². The molecule has 126 valence electrons. The summed E-state index contributed by atoms with van der Waals surface area (Å²) in [6.07, 6.45) is 4.57. The van der Waals surface area contributed by atoms with Crippen molar-refractivity contribution in [3.63, 3.8) is 0 Å². The van der Waals surface area contributed by atoms with Gasteiger partial charge >= 0.3 is 0 Å². The van der Waals surface area contributed by atoms with Gasteiger partial charge in [0.2, 0.25) is 5.91 Å². The summed E-state index contributed by atoms with van der Waals surface area (Å²) < 4.78 is 10.9. The summed E-state index contributed by atoms with van der Waals surface area (Å²) in [6.45, 7) is 2.88. The zero-order valence-corrected chi connectivity index (χ0v) is 13.8. The molecule has 0 saturated carbocycles. The Bertz CT molecular complexity index is 529. The molecule has 1 aromatic carbocycles. The zero-order chi connectivity index (χ0) is 16.1. The minimum atomic E-state index is 0.0929. The Morgan fingerprint density at radius 1 is 1.39 bits per heavy atom. The molecule has 0 spiro atoms. The molecule has 0 unspecified atom stereocenters. The molecular formula is C18H26N2O3. The van der Waals surface area contributed by atoms with E-state index in [4.69, 9.17) is 9.47 Å². The van der Waals surface area contributed by atoms with Crippen molar-refractivity contribution in [3.8, 4) is 5.75 Å². The van der Waals surface area contributed by atoms with Gasteiger partial charge in [0.1, 0.15) is 5.75 Å². The number of likely N-dealkylation sites (tertiary alicyclic amines) is 1. The summed E-state index contributed by atoms with van der Waals surface area (Å²) in [7, 11) is 1.68. The van der Waals surface area contributed by atoms with E-state index in [-0.39, 0.29) is 12.0 Å². The molecule has 2 atom stereocenters. The van der Waals surface area contributed by atoms with Crippen molar-refractivity contribution in [2.24, 2.45) is 0 Å². The second-order valence-corrected chi connectivity index (χ2v) is 6.34. The summed E-state index contributed by atoms with van der Waals surface area (Å²) >= 11 is 0. The van der Waals surface area contributed by atoms with Gasteiger partial charge in [-0.3, -0.25) is 9.69 Å². The highest BCUT2D eigenvalue weighted by Crippen LogP contribution is 2.33. The molecular weight excluding hydrogens is 292 g/mol. The van der Waals surface area contributed by atoms with Crippen LogP contribution in [-0.2, 0) is 9.53 Å². The predicted molar refractivity (Wildman–Crippen MR) is 88.5 cm³/mol. The van der Waals surface area contributed by atoms with Gasteiger partial charge in [-0.05, 0) is 49.9 Å². The van der Waals surface area contributed by atoms with Crippen LogP contribution in [0, 0.1) is 0 Å². The van der Waals surface area contributed by atoms with E-state index in [2.05, 4.69) is 22.3 Å². The van der Waals surface area contributed by atoms with Gasteiger partial charge < -0.3 is 14.8 Å². The van der Waals surface area contributed by atoms with Crippen LogP contribution in [0.5, 0.6) is 5.75 Å². The maximum atomic E-state index is 12.2. The van der Waals surface area contributed by atoms with Crippen LogP contribution in [0.4, 0.5) is 0 Å². The van der Waals surface area contributed by atoms with Crippen molar-refractivity contribution in [3.05, 3.63) is 29.8 Å². The molecule has 3 rings (SSSR count). The van der Waals surface area contributed by atoms with Crippen LogP contribution in [0.15, 0.2) is 24.3 Å². The zero-order valence-electron chi connectivity index (χ0n) is 13.8. The molecule has 23 heavy (non-hydrogen) atoms. The van der Waals surface area contributed by atoms with Crippen molar-refractivity contribution >= 4 is 5.91 Å². The highest BCUT2D eigenvalue weighted by Gasteiger charge is 2.28. The number of benzene rings is 1. The molecule has 0 aliphatic carbocycles. The SMILES string of the molecule is COc1cccc([C@H]2CCCN2CC(=O)NC[C@H]2CCCO2)c1. The van der Waals surface area contributed by atoms with Crippen LogP contribution in [0.2, 0.25) is 0 Å². The molecule has 2 aliphatic rings. The van der Waals surface area contributed by atoms with E-state index in [9.17, 15) is 4.79 Å². The molecule has 2 heterocycles. The summed E-state index contributed by atoms with van der Waals surface area (Å²) in [5.41, 5.74) is 1.23. The fourth-order valence-electron chi connectivity index (χ4n) is 3.52. The highest BCUT2D eigenvalue weighted by molar-refractivity contribution is 5.78. The van der Waals surface area contributed by atoms with E-state index in [0.717, 1.165) is 44.6 Å². The first kappa shape index (κ1) is 16.3. The van der Waals surface area contributed by atoms with Crippen LogP contribution >= 0.6 is 0 Å². The van der Waals surface area contributed by atoms with Gasteiger partial charge in [-0.2, -0.15) is 0 Å². The lowest BCUT2D eigenvalue weighted by atomic mass is 10.0. The average Bonchev–Trinajstić information content (AvgIpc) is 3.24. The summed E-state index contributed by atoms with van der Waals surface area (Å²) in [4.78, 5) is 14.5. The first-order chi connectivity index (χ1) is 11.3. The molecule has 0 aromatic heterocycles. The fraction of sp³-hybridized carbons (Fsp3) is 0.611. The number of nitrogens with one attached hydrogen (secondary N) is 1. The minimum Gasteiger partial charge on any atom is -0.497 e. The molecule has 1 amide bonds. The fourth-order valence-corrected chi connectivity index (χ4v) is 3.52. The lowest BCUT2D eigenvalue weighted by Gasteiger charge is -2.24. The molecule has 0 radical (unpaired) electrons. The highest BCUT2D eigenvalue weighted by atomic mass is 16.5. The van der Waals surface area contributed by atoms with Crippen LogP contribution < -0.4 is 10.1 Å². The molecule has 5 nitrogen and oxygen atoms in total. The summed E-state index contributed by atoms with van der Waals surface area (Å²) in [6, 6.07) is 8.47. The Balaban J connectivity index is 1.54. The second-order valence-electron chi connectivity index (χ2n) is 6.34. The van der Waals surface area contributed by atoms with E-state index in [0.29, 0.717) is 19.1 Å². The number of carbonyl (C=O) groups excluding carboxylic acids is 1. The van der Waals surface area contributed by atoms with Gasteiger partial charge in [-0.15, -0.1) is 0 Å². The second kappa shape index (κ2) is 7.79. The maximum Gasteiger partial charge on any atom is 0.234 e. The largest absolute Gasteiger partial charge is 0.497 e. The minimum absolute atomic E-state index is 0.0929. The molecule has 5 heteroatoms. The third kappa shape index (κ3) is 4.24. The quantitative estimate of drug-likeness (QED) is 0.873. The number of hydrogen-bond acceptors (Lipinski definition) is 4. The number of ether oxygens (including phenoxy) is 2. The smallest absolute Gasteiger partial charge is 0.234 e. The van der Waals surface area contributed by atoms with E-state index >= 15 is 0 Å². The van der Waals surface area contributed by atoms with E-state index in [1.54, 1.807) is 7.11 Å².